The Labute approximate surface area is 116 Å². The fourth-order valence-corrected chi connectivity index (χ4v) is 1.94. The molecule has 1 aromatic heterocycles. The van der Waals surface area contributed by atoms with Crippen LogP contribution in [0.15, 0.2) is 30.6 Å². The zero-order valence-corrected chi connectivity index (χ0v) is 11.3. The van der Waals surface area contributed by atoms with Crippen molar-refractivity contribution in [2.45, 2.75) is 26.4 Å². The van der Waals surface area contributed by atoms with Crippen LogP contribution < -0.4 is 11.1 Å². The number of benzene rings is 1. The van der Waals surface area contributed by atoms with E-state index in [0.717, 1.165) is 18.8 Å². The summed E-state index contributed by atoms with van der Waals surface area (Å²) in [6.07, 6.45) is 4.59. The number of aromatic nitrogens is 2. The van der Waals surface area contributed by atoms with Crippen molar-refractivity contribution in [3.8, 4) is 0 Å². The number of nitrogens with zero attached hydrogens (tertiary/aromatic N) is 2. The van der Waals surface area contributed by atoms with Crippen molar-refractivity contribution in [3.05, 3.63) is 47.8 Å². The van der Waals surface area contributed by atoms with Gasteiger partial charge in [0, 0.05) is 24.5 Å². The summed E-state index contributed by atoms with van der Waals surface area (Å²) >= 11 is 0. The number of nitrogens with two attached hydrogens (primary N) is 1. The highest BCUT2D eigenvalue weighted by molar-refractivity contribution is 5.93. The predicted octanol–water partition coefficient (Wildman–Crippen LogP) is 2.14. The lowest BCUT2D eigenvalue weighted by molar-refractivity contribution is 0.100. The number of hydrogen-bond donors (Lipinski definition) is 2. The quantitative estimate of drug-likeness (QED) is 0.849. The summed E-state index contributed by atoms with van der Waals surface area (Å²) in [5.41, 5.74) is 5.69. The Balaban J connectivity index is 2.12. The maximum absolute atomic E-state index is 13.7. The topological polar surface area (TPSA) is 72.9 Å². The van der Waals surface area contributed by atoms with Gasteiger partial charge >= 0.3 is 0 Å². The molecule has 0 spiro atoms. The average Bonchev–Trinajstić information content (AvgIpc) is 2.85. The molecule has 0 fully saturated rings. The van der Waals surface area contributed by atoms with Gasteiger partial charge in [0.2, 0.25) is 5.91 Å². The summed E-state index contributed by atoms with van der Waals surface area (Å²) in [5, 5.41) is 2.94. The minimum Gasteiger partial charge on any atom is -0.375 e. The molecule has 3 N–H and O–H groups in total. The Kier molecular flexibility index (Phi) is 4.34. The standard InChI is InChI=1S/C14H17FN4O/c1-2-6-19-7-5-17-13(19)9-18-12-8-10(14(16)20)3-4-11(12)15/h3-5,7-8,18H,2,6,9H2,1H3,(H2,16,20). The highest BCUT2D eigenvalue weighted by Crippen LogP contribution is 2.17. The summed E-state index contributed by atoms with van der Waals surface area (Å²) in [6.45, 7) is 3.32. The summed E-state index contributed by atoms with van der Waals surface area (Å²) in [7, 11) is 0. The fourth-order valence-electron chi connectivity index (χ4n) is 1.94. The molecule has 2 aromatic rings. The van der Waals surface area contributed by atoms with Crippen LogP contribution in [0.1, 0.15) is 29.5 Å². The van der Waals surface area contributed by atoms with Gasteiger partial charge in [-0.15, -0.1) is 0 Å². The molecular weight excluding hydrogens is 259 g/mol. The Morgan fingerprint density at radius 1 is 1.50 bits per heavy atom. The van der Waals surface area contributed by atoms with Crippen LogP contribution in [0.4, 0.5) is 10.1 Å². The van der Waals surface area contributed by atoms with Gasteiger partial charge in [-0.1, -0.05) is 6.92 Å². The summed E-state index contributed by atoms with van der Waals surface area (Å²) in [5.74, 6) is -0.195. The molecule has 0 aliphatic heterocycles. The molecule has 6 heteroatoms. The van der Waals surface area contributed by atoms with E-state index in [2.05, 4.69) is 17.2 Å². The molecular formula is C14H17FN4O. The monoisotopic (exact) mass is 276 g/mol. The molecule has 5 nitrogen and oxygen atoms in total. The SMILES string of the molecule is CCCn1ccnc1CNc1cc(C(N)=O)ccc1F. The second-order valence-electron chi connectivity index (χ2n) is 4.45. The molecule has 1 amide bonds. The van der Waals surface area contributed by atoms with Gasteiger partial charge in [-0.25, -0.2) is 9.37 Å². The first kappa shape index (κ1) is 14.0. The second kappa shape index (κ2) is 6.18. The van der Waals surface area contributed by atoms with Crippen molar-refractivity contribution in [1.29, 1.82) is 0 Å². The minimum atomic E-state index is -0.583. The molecule has 0 aliphatic carbocycles. The Hall–Kier alpha value is -2.37. The van der Waals surface area contributed by atoms with E-state index in [1.165, 1.54) is 18.2 Å². The second-order valence-corrected chi connectivity index (χ2v) is 4.45. The zero-order chi connectivity index (χ0) is 14.5. The number of hydrogen-bond acceptors (Lipinski definition) is 3. The molecule has 2 rings (SSSR count). The Bertz CT molecular complexity index is 609. The molecule has 20 heavy (non-hydrogen) atoms. The van der Waals surface area contributed by atoms with E-state index in [0.29, 0.717) is 6.54 Å². The van der Waals surface area contributed by atoms with Gasteiger partial charge in [0.25, 0.3) is 0 Å². The van der Waals surface area contributed by atoms with E-state index >= 15 is 0 Å². The normalized spacial score (nSPS) is 10.5. The third kappa shape index (κ3) is 3.14. The van der Waals surface area contributed by atoms with E-state index in [4.69, 9.17) is 5.73 Å². The lowest BCUT2D eigenvalue weighted by Crippen LogP contribution is -2.13. The lowest BCUT2D eigenvalue weighted by Gasteiger charge is -2.10. The fraction of sp³-hybridized carbons (Fsp3) is 0.286. The largest absolute Gasteiger partial charge is 0.375 e. The number of halogens is 1. The van der Waals surface area contributed by atoms with Gasteiger partial charge in [-0.3, -0.25) is 4.79 Å². The smallest absolute Gasteiger partial charge is 0.248 e. The number of imidazole rings is 1. The van der Waals surface area contributed by atoms with Gasteiger partial charge in [-0.05, 0) is 24.6 Å². The van der Waals surface area contributed by atoms with Gasteiger partial charge in [-0.2, -0.15) is 0 Å². The number of carbonyl (C=O) groups is 1. The average molecular weight is 276 g/mol. The number of nitrogens with one attached hydrogen (secondary N) is 1. The molecule has 0 radical (unpaired) electrons. The molecule has 0 bridgehead atoms. The highest BCUT2D eigenvalue weighted by Gasteiger charge is 2.08. The number of anilines is 1. The first-order chi connectivity index (χ1) is 9.61. The third-order valence-corrected chi connectivity index (χ3v) is 2.95. The van der Waals surface area contributed by atoms with Crippen LogP contribution in [0.25, 0.3) is 0 Å². The van der Waals surface area contributed by atoms with Crippen LogP contribution in [0.3, 0.4) is 0 Å². The first-order valence-electron chi connectivity index (χ1n) is 6.45. The van der Waals surface area contributed by atoms with Gasteiger partial charge in [0.1, 0.15) is 11.6 Å². The van der Waals surface area contributed by atoms with Crippen molar-refractivity contribution in [3.63, 3.8) is 0 Å². The van der Waals surface area contributed by atoms with Gasteiger partial charge in [0.05, 0.1) is 12.2 Å². The molecule has 0 saturated heterocycles. The van der Waals surface area contributed by atoms with Crippen molar-refractivity contribution in [2.24, 2.45) is 5.73 Å². The predicted molar refractivity (Wildman–Crippen MR) is 74.8 cm³/mol. The van der Waals surface area contributed by atoms with Crippen LogP contribution >= 0.6 is 0 Å². The van der Waals surface area contributed by atoms with Crippen LogP contribution in [0.2, 0.25) is 0 Å². The number of aryl methyl sites for hydroxylation is 1. The maximum atomic E-state index is 13.7. The number of amides is 1. The Morgan fingerprint density at radius 2 is 2.30 bits per heavy atom. The number of carbonyl (C=O) groups excluding carboxylic acids is 1. The molecule has 0 atom stereocenters. The lowest BCUT2D eigenvalue weighted by atomic mass is 10.2. The molecule has 1 heterocycles. The van der Waals surface area contributed by atoms with Crippen molar-refractivity contribution in [1.82, 2.24) is 9.55 Å². The summed E-state index contributed by atoms with van der Waals surface area (Å²) in [6, 6.07) is 3.99. The van der Waals surface area contributed by atoms with E-state index < -0.39 is 11.7 Å². The number of rotatable bonds is 6. The van der Waals surface area contributed by atoms with Crippen LogP contribution in [0.5, 0.6) is 0 Å². The molecule has 0 saturated carbocycles. The van der Waals surface area contributed by atoms with Crippen LogP contribution in [-0.4, -0.2) is 15.5 Å². The van der Waals surface area contributed by atoms with E-state index in [1.807, 2.05) is 10.8 Å². The summed E-state index contributed by atoms with van der Waals surface area (Å²) < 4.78 is 15.7. The van der Waals surface area contributed by atoms with Gasteiger partial charge < -0.3 is 15.6 Å². The molecule has 0 aliphatic rings. The maximum Gasteiger partial charge on any atom is 0.248 e. The molecule has 0 unspecified atom stereocenters. The first-order valence-corrected chi connectivity index (χ1v) is 6.45. The summed E-state index contributed by atoms with van der Waals surface area (Å²) in [4.78, 5) is 15.3. The molecule has 1 aromatic carbocycles. The van der Waals surface area contributed by atoms with Crippen molar-refractivity contribution >= 4 is 11.6 Å². The third-order valence-electron chi connectivity index (χ3n) is 2.95. The highest BCUT2D eigenvalue weighted by atomic mass is 19.1. The van der Waals surface area contributed by atoms with E-state index in [1.54, 1.807) is 6.20 Å². The minimum absolute atomic E-state index is 0.243. The van der Waals surface area contributed by atoms with Crippen molar-refractivity contribution in [2.75, 3.05) is 5.32 Å². The van der Waals surface area contributed by atoms with Crippen molar-refractivity contribution < 1.29 is 9.18 Å². The zero-order valence-electron chi connectivity index (χ0n) is 11.3. The van der Waals surface area contributed by atoms with Crippen LogP contribution in [-0.2, 0) is 13.1 Å². The van der Waals surface area contributed by atoms with Crippen LogP contribution in [0, 0.1) is 5.82 Å². The van der Waals surface area contributed by atoms with E-state index in [9.17, 15) is 9.18 Å². The van der Waals surface area contributed by atoms with E-state index in [-0.39, 0.29) is 11.3 Å². The number of primary amides is 1. The van der Waals surface area contributed by atoms with Gasteiger partial charge in [0.15, 0.2) is 0 Å². The Morgan fingerprint density at radius 3 is 3.00 bits per heavy atom. The molecule has 106 valence electrons.